The van der Waals surface area contributed by atoms with Crippen molar-refractivity contribution in [1.82, 2.24) is 9.97 Å². The van der Waals surface area contributed by atoms with E-state index >= 15 is 0 Å². The number of fused-ring (bicyclic) bond motifs is 1. The molecule has 1 amide bonds. The van der Waals surface area contributed by atoms with Crippen LogP contribution in [0.2, 0.25) is 5.15 Å². The van der Waals surface area contributed by atoms with Crippen LogP contribution in [0.25, 0.3) is 10.1 Å². The highest BCUT2D eigenvalue weighted by Gasteiger charge is 2.32. The average Bonchev–Trinajstić information content (AvgIpc) is 3.34. The fourth-order valence-electron chi connectivity index (χ4n) is 3.56. The van der Waals surface area contributed by atoms with Crippen LogP contribution in [0, 0.1) is 0 Å². The van der Waals surface area contributed by atoms with E-state index in [4.69, 9.17) is 22.1 Å². The Hall–Kier alpha value is -4.20. The molecule has 8 nitrogen and oxygen atoms in total. The van der Waals surface area contributed by atoms with Gasteiger partial charge in [-0.15, -0.1) is 11.3 Å². The van der Waals surface area contributed by atoms with Crippen molar-refractivity contribution >= 4 is 60.3 Å². The van der Waals surface area contributed by atoms with Crippen LogP contribution < -0.4 is 14.8 Å². The number of rotatable bonds is 6. The van der Waals surface area contributed by atoms with Crippen molar-refractivity contribution < 1.29 is 31.1 Å². The number of sulfonamides is 1. The van der Waals surface area contributed by atoms with Gasteiger partial charge in [0.05, 0.1) is 28.7 Å². The first kappa shape index (κ1) is 29.8. The van der Waals surface area contributed by atoms with E-state index in [1.54, 1.807) is 30.3 Å². The summed E-state index contributed by atoms with van der Waals surface area (Å²) in [4.78, 5) is 18.7. The maximum absolute atomic E-state index is 12.6. The molecule has 0 radical (unpaired) electrons. The van der Waals surface area contributed by atoms with Crippen LogP contribution >= 0.6 is 22.9 Å². The molecule has 14 heteroatoms. The molecule has 2 N–H and O–H groups in total. The van der Waals surface area contributed by atoms with Crippen molar-refractivity contribution in [2.24, 2.45) is 5.73 Å². The lowest BCUT2D eigenvalue weighted by Crippen LogP contribution is -2.24. The Labute approximate surface area is 241 Å². The first-order valence-electron chi connectivity index (χ1n) is 11.5. The van der Waals surface area contributed by atoms with Gasteiger partial charge in [0, 0.05) is 16.8 Å². The number of primary amides is 1. The standard InChI is InChI=1S/C18H13ClF3N3O3S.C9H7NOS/c1-29(26,27)25(12-5-3-2-4-6-12)13-9-16(19)24-17(10-13)28-14-7-8-15(23-11-14)18(20,21)22;10-9(11)8-5-6-3-1-2-4-7(6)12-8/h2-11H,1H3;1-5H,(H2,10,11). The van der Waals surface area contributed by atoms with Gasteiger partial charge in [-0.05, 0) is 41.8 Å². The second-order valence-corrected chi connectivity index (χ2v) is 11.6. The predicted molar refractivity (Wildman–Crippen MR) is 152 cm³/mol. The molecule has 0 atom stereocenters. The summed E-state index contributed by atoms with van der Waals surface area (Å²) in [7, 11) is -3.75. The second-order valence-electron chi connectivity index (χ2n) is 8.34. The molecule has 0 saturated heterocycles. The highest BCUT2D eigenvalue weighted by molar-refractivity contribution is 7.92. The smallest absolute Gasteiger partial charge is 0.433 e. The summed E-state index contributed by atoms with van der Waals surface area (Å²) in [5.41, 5.74) is 4.58. The van der Waals surface area contributed by atoms with E-state index in [2.05, 4.69) is 9.97 Å². The average molecular weight is 621 g/mol. The van der Waals surface area contributed by atoms with Crippen LogP contribution in [-0.2, 0) is 16.2 Å². The molecule has 0 unspecified atom stereocenters. The van der Waals surface area contributed by atoms with Gasteiger partial charge < -0.3 is 10.5 Å². The summed E-state index contributed by atoms with van der Waals surface area (Å²) < 4.78 is 70.1. The molecule has 0 aliphatic heterocycles. The third-order valence-electron chi connectivity index (χ3n) is 5.23. The van der Waals surface area contributed by atoms with Gasteiger partial charge in [-0.3, -0.25) is 4.79 Å². The molecular weight excluding hydrogens is 601 g/mol. The summed E-state index contributed by atoms with van der Waals surface area (Å²) >= 11 is 7.44. The third kappa shape index (κ3) is 7.72. The number of para-hydroxylation sites is 1. The molecule has 212 valence electrons. The second kappa shape index (κ2) is 12.1. The molecule has 5 aromatic rings. The van der Waals surface area contributed by atoms with Crippen molar-refractivity contribution in [3.63, 3.8) is 0 Å². The van der Waals surface area contributed by atoms with Gasteiger partial charge in [0.1, 0.15) is 16.6 Å². The highest BCUT2D eigenvalue weighted by atomic mass is 35.5. The largest absolute Gasteiger partial charge is 0.437 e. The number of anilines is 2. The molecule has 0 aliphatic carbocycles. The Morgan fingerprint density at radius 3 is 2.24 bits per heavy atom. The summed E-state index contributed by atoms with van der Waals surface area (Å²) in [6, 6.07) is 22.4. The molecule has 0 spiro atoms. The number of carbonyl (C=O) groups excluding carboxylic acids is 1. The van der Waals surface area contributed by atoms with Gasteiger partial charge in [-0.1, -0.05) is 48.0 Å². The van der Waals surface area contributed by atoms with E-state index in [9.17, 15) is 26.4 Å². The molecule has 3 aromatic heterocycles. The highest BCUT2D eigenvalue weighted by Crippen LogP contribution is 2.34. The maximum atomic E-state index is 12.6. The lowest BCUT2D eigenvalue weighted by Gasteiger charge is -2.23. The number of nitrogens with zero attached hydrogens (tertiary/aromatic N) is 3. The van der Waals surface area contributed by atoms with E-state index in [0.29, 0.717) is 10.6 Å². The quantitative estimate of drug-likeness (QED) is 0.204. The van der Waals surface area contributed by atoms with Crippen LogP contribution in [0.1, 0.15) is 15.4 Å². The Morgan fingerprint density at radius 1 is 0.976 bits per heavy atom. The number of carbonyl (C=O) groups is 1. The van der Waals surface area contributed by atoms with Crippen molar-refractivity contribution in [3.8, 4) is 11.6 Å². The number of halogens is 4. The summed E-state index contributed by atoms with van der Waals surface area (Å²) in [6.45, 7) is 0. The van der Waals surface area contributed by atoms with Gasteiger partial charge in [0.15, 0.2) is 0 Å². The number of alkyl halides is 3. The van der Waals surface area contributed by atoms with Crippen molar-refractivity contribution in [2.45, 2.75) is 6.18 Å². The summed E-state index contributed by atoms with van der Waals surface area (Å²) in [6.07, 6.45) is -2.67. The number of pyridine rings is 2. The van der Waals surface area contributed by atoms with Crippen LogP contribution in [0.3, 0.4) is 0 Å². The zero-order chi connectivity index (χ0) is 29.8. The molecule has 2 aromatic carbocycles. The van der Waals surface area contributed by atoms with Gasteiger partial charge in [0.25, 0.3) is 5.91 Å². The Morgan fingerprint density at radius 2 is 1.66 bits per heavy atom. The van der Waals surface area contributed by atoms with E-state index in [1.165, 1.54) is 23.5 Å². The first-order valence-corrected chi connectivity index (χ1v) is 14.6. The van der Waals surface area contributed by atoms with Crippen molar-refractivity contribution in [1.29, 1.82) is 0 Å². The Kier molecular flexibility index (Phi) is 8.80. The number of hydrogen-bond donors (Lipinski definition) is 1. The topological polar surface area (TPSA) is 115 Å². The van der Waals surface area contributed by atoms with Gasteiger partial charge in [-0.25, -0.2) is 22.7 Å². The maximum Gasteiger partial charge on any atom is 0.433 e. The minimum Gasteiger partial charge on any atom is -0.437 e. The Bertz CT molecular complexity index is 1750. The van der Waals surface area contributed by atoms with E-state index in [0.717, 1.165) is 39.0 Å². The monoisotopic (exact) mass is 620 g/mol. The minimum absolute atomic E-state index is 0.0238. The summed E-state index contributed by atoms with van der Waals surface area (Å²) in [5.74, 6) is -0.487. The lowest BCUT2D eigenvalue weighted by atomic mass is 10.2. The van der Waals surface area contributed by atoms with Crippen molar-refractivity contribution in [2.75, 3.05) is 10.6 Å². The van der Waals surface area contributed by atoms with Crippen LogP contribution in [0.15, 0.2) is 91.1 Å². The zero-order valence-corrected chi connectivity index (χ0v) is 23.4. The third-order valence-corrected chi connectivity index (χ3v) is 7.64. The van der Waals surface area contributed by atoms with Gasteiger partial charge in [-0.2, -0.15) is 13.2 Å². The number of ether oxygens (including phenoxy) is 1. The fourth-order valence-corrected chi connectivity index (χ4v) is 5.66. The van der Waals surface area contributed by atoms with E-state index in [-0.39, 0.29) is 28.4 Å². The van der Waals surface area contributed by atoms with Gasteiger partial charge in [0.2, 0.25) is 15.9 Å². The predicted octanol–water partition coefficient (Wildman–Crippen LogP) is 7.04. The van der Waals surface area contributed by atoms with Crippen LogP contribution in [-0.4, -0.2) is 30.5 Å². The van der Waals surface area contributed by atoms with E-state index in [1.807, 2.05) is 30.3 Å². The molecule has 0 fully saturated rings. The normalized spacial score (nSPS) is 11.4. The lowest BCUT2D eigenvalue weighted by molar-refractivity contribution is -0.141. The van der Waals surface area contributed by atoms with Crippen molar-refractivity contribution in [3.05, 3.63) is 107 Å². The first-order chi connectivity index (χ1) is 19.3. The number of amides is 1. The molecule has 0 bridgehead atoms. The SMILES string of the molecule is CS(=O)(=O)N(c1ccccc1)c1cc(Cl)nc(Oc2ccc(C(F)(F)F)nc2)c1.NC(=O)c1cc2ccccc2s1. The van der Waals surface area contributed by atoms with Crippen LogP contribution in [0.5, 0.6) is 11.6 Å². The fraction of sp³-hybridized carbons (Fsp3) is 0.0741. The molecule has 0 saturated carbocycles. The van der Waals surface area contributed by atoms with Crippen LogP contribution in [0.4, 0.5) is 24.5 Å². The number of hydrogen-bond acceptors (Lipinski definition) is 7. The minimum atomic E-state index is -4.58. The number of benzene rings is 2. The zero-order valence-electron chi connectivity index (χ0n) is 21.0. The van der Waals surface area contributed by atoms with Gasteiger partial charge >= 0.3 is 6.18 Å². The molecule has 41 heavy (non-hydrogen) atoms. The number of aromatic nitrogens is 2. The Balaban J connectivity index is 0.000000267. The van der Waals surface area contributed by atoms with E-state index < -0.39 is 21.9 Å². The number of nitrogens with two attached hydrogens (primary N) is 1. The molecular formula is C27H20ClF3N4O4S2. The number of thiophene rings is 1. The summed E-state index contributed by atoms with van der Waals surface area (Å²) in [5, 5.41) is 1.01. The molecule has 3 heterocycles. The molecule has 0 aliphatic rings. The molecule has 5 rings (SSSR count).